The van der Waals surface area contributed by atoms with E-state index in [9.17, 15) is 22.8 Å². The Kier molecular flexibility index (Phi) is 7.02. The van der Waals surface area contributed by atoms with Gasteiger partial charge in [-0.25, -0.2) is 0 Å². The molecule has 12 heteroatoms. The number of amides is 2. The van der Waals surface area contributed by atoms with E-state index in [1.165, 1.54) is 4.90 Å². The van der Waals surface area contributed by atoms with Gasteiger partial charge in [0, 0.05) is 25.3 Å². The molecule has 2 amide bonds. The highest BCUT2D eigenvalue weighted by atomic mass is 32.2. The van der Waals surface area contributed by atoms with Gasteiger partial charge in [-0.15, -0.1) is 10.2 Å². The van der Waals surface area contributed by atoms with Crippen LogP contribution in [0.2, 0.25) is 0 Å². The molecule has 0 aliphatic carbocycles. The normalized spacial score (nSPS) is 11.1. The molecule has 2 aromatic rings. The molecule has 1 aromatic heterocycles. The molecule has 1 heterocycles. The number of halogens is 3. The molecule has 0 aliphatic rings. The number of hydrogen-bond donors (Lipinski definition) is 2. The van der Waals surface area contributed by atoms with Crippen molar-refractivity contribution in [1.82, 2.24) is 15.1 Å². The Balaban J connectivity index is 1.81. The van der Waals surface area contributed by atoms with Gasteiger partial charge in [-0.1, -0.05) is 23.1 Å². The predicted molar refractivity (Wildman–Crippen MR) is 98.3 cm³/mol. The summed E-state index contributed by atoms with van der Waals surface area (Å²) in [5.74, 6) is -0.437. The van der Waals surface area contributed by atoms with Gasteiger partial charge in [-0.05, 0) is 24.3 Å². The fourth-order valence-corrected chi connectivity index (χ4v) is 3.34. The average molecular weight is 419 g/mol. The molecule has 0 spiro atoms. The molecule has 0 atom stereocenters. The topological polar surface area (TPSA) is 87.2 Å². The first-order valence-corrected chi connectivity index (χ1v) is 9.33. The van der Waals surface area contributed by atoms with E-state index in [1.807, 2.05) is 0 Å². The largest absolute Gasteiger partial charge is 0.405 e. The van der Waals surface area contributed by atoms with Gasteiger partial charge in [0.05, 0.1) is 5.75 Å². The molecule has 27 heavy (non-hydrogen) atoms. The highest BCUT2D eigenvalue weighted by Crippen LogP contribution is 2.26. The SMILES string of the molecule is CN(C)C(=O)c1ccc(NC(=O)CSc2nnc(NCC(F)(F)F)s2)cc1. The van der Waals surface area contributed by atoms with Crippen LogP contribution in [0.1, 0.15) is 10.4 Å². The van der Waals surface area contributed by atoms with Crippen LogP contribution in [0.5, 0.6) is 0 Å². The number of rotatable bonds is 7. The summed E-state index contributed by atoms with van der Waals surface area (Å²) in [6, 6.07) is 6.44. The van der Waals surface area contributed by atoms with Crippen molar-refractivity contribution in [3.05, 3.63) is 29.8 Å². The lowest BCUT2D eigenvalue weighted by molar-refractivity contribution is -0.115. The molecule has 1 aromatic carbocycles. The standard InChI is InChI=1S/C15H16F3N5O2S2/c1-23(2)12(25)9-3-5-10(6-4-9)20-11(24)7-26-14-22-21-13(27-14)19-8-15(16,17)18/h3-6H,7-8H2,1-2H3,(H,19,21)(H,20,24). The van der Waals surface area contributed by atoms with Gasteiger partial charge in [0.25, 0.3) is 5.91 Å². The molecular weight excluding hydrogens is 403 g/mol. The van der Waals surface area contributed by atoms with Crippen molar-refractivity contribution in [3.63, 3.8) is 0 Å². The second-order valence-electron chi connectivity index (χ2n) is 5.46. The molecule has 7 nitrogen and oxygen atoms in total. The van der Waals surface area contributed by atoms with Crippen LogP contribution in [0.4, 0.5) is 24.0 Å². The highest BCUT2D eigenvalue weighted by molar-refractivity contribution is 8.01. The van der Waals surface area contributed by atoms with Crippen LogP contribution in [-0.4, -0.2) is 59.5 Å². The number of thioether (sulfide) groups is 1. The van der Waals surface area contributed by atoms with Gasteiger partial charge in [-0.3, -0.25) is 9.59 Å². The van der Waals surface area contributed by atoms with Crippen LogP contribution in [0.25, 0.3) is 0 Å². The molecule has 146 valence electrons. The number of carbonyl (C=O) groups excluding carboxylic acids is 2. The van der Waals surface area contributed by atoms with Crippen LogP contribution < -0.4 is 10.6 Å². The molecule has 0 bridgehead atoms. The Morgan fingerprint density at radius 2 is 1.85 bits per heavy atom. The van der Waals surface area contributed by atoms with Crippen molar-refractivity contribution >= 4 is 45.7 Å². The second kappa shape index (κ2) is 9.04. The molecule has 0 saturated carbocycles. The third-order valence-electron chi connectivity index (χ3n) is 3.00. The molecule has 2 rings (SSSR count). The van der Waals surface area contributed by atoms with E-state index in [0.29, 0.717) is 15.6 Å². The minimum Gasteiger partial charge on any atom is -0.351 e. The summed E-state index contributed by atoms with van der Waals surface area (Å²) in [6.45, 7) is -1.20. The Hall–Kier alpha value is -2.34. The number of nitrogens with zero attached hydrogens (tertiary/aromatic N) is 3. The van der Waals surface area contributed by atoms with Gasteiger partial charge in [0.1, 0.15) is 6.54 Å². The van der Waals surface area contributed by atoms with E-state index in [1.54, 1.807) is 38.4 Å². The van der Waals surface area contributed by atoms with Crippen LogP contribution in [-0.2, 0) is 4.79 Å². The summed E-state index contributed by atoms with van der Waals surface area (Å²) in [5.41, 5.74) is 1.03. The maximum atomic E-state index is 12.1. The van der Waals surface area contributed by atoms with Crippen LogP contribution in [0.15, 0.2) is 28.6 Å². The van der Waals surface area contributed by atoms with Crippen molar-refractivity contribution in [2.45, 2.75) is 10.5 Å². The fourth-order valence-electron chi connectivity index (χ4n) is 1.79. The van der Waals surface area contributed by atoms with Crippen molar-refractivity contribution in [3.8, 4) is 0 Å². The Morgan fingerprint density at radius 3 is 2.44 bits per heavy atom. The molecule has 0 radical (unpaired) electrons. The summed E-state index contributed by atoms with van der Waals surface area (Å²) in [4.78, 5) is 25.2. The number of anilines is 2. The maximum Gasteiger partial charge on any atom is 0.405 e. The fraction of sp³-hybridized carbons (Fsp3) is 0.333. The van der Waals surface area contributed by atoms with Crippen molar-refractivity contribution in [1.29, 1.82) is 0 Å². The lowest BCUT2D eigenvalue weighted by Gasteiger charge is -2.10. The minimum absolute atomic E-state index is 0.0201. The molecule has 2 N–H and O–H groups in total. The zero-order valence-electron chi connectivity index (χ0n) is 14.3. The van der Waals surface area contributed by atoms with E-state index in [2.05, 4.69) is 20.8 Å². The van der Waals surface area contributed by atoms with Gasteiger partial charge in [-0.2, -0.15) is 13.2 Å². The smallest absolute Gasteiger partial charge is 0.351 e. The third-order valence-corrected chi connectivity index (χ3v) is 5.01. The minimum atomic E-state index is -4.34. The summed E-state index contributed by atoms with van der Waals surface area (Å²) in [7, 11) is 3.29. The van der Waals surface area contributed by atoms with Crippen molar-refractivity contribution < 1.29 is 22.8 Å². The summed E-state index contributed by atoms with van der Waals surface area (Å²) in [5, 5.41) is 12.1. The zero-order valence-corrected chi connectivity index (χ0v) is 16.0. The van der Waals surface area contributed by atoms with Gasteiger partial charge < -0.3 is 15.5 Å². The van der Waals surface area contributed by atoms with E-state index < -0.39 is 12.7 Å². The van der Waals surface area contributed by atoms with Crippen LogP contribution in [0, 0.1) is 0 Å². The molecule has 0 saturated heterocycles. The summed E-state index contributed by atoms with van der Waals surface area (Å²) < 4.78 is 36.8. The quantitative estimate of drug-likeness (QED) is 0.671. The van der Waals surface area contributed by atoms with Crippen molar-refractivity contribution in [2.24, 2.45) is 0 Å². The molecule has 0 fully saturated rings. The Bertz CT molecular complexity index is 793. The average Bonchev–Trinajstić information content (AvgIpc) is 3.05. The van der Waals surface area contributed by atoms with E-state index >= 15 is 0 Å². The molecular formula is C15H16F3N5O2S2. The summed E-state index contributed by atoms with van der Waals surface area (Å²) >= 11 is 2.00. The first kappa shape index (κ1) is 21.0. The number of aromatic nitrogens is 2. The first-order valence-electron chi connectivity index (χ1n) is 7.52. The number of benzene rings is 1. The number of alkyl halides is 3. The Morgan fingerprint density at radius 1 is 1.19 bits per heavy atom. The second-order valence-corrected chi connectivity index (χ2v) is 7.66. The number of hydrogen-bond acceptors (Lipinski definition) is 7. The molecule has 0 aliphatic heterocycles. The highest BCUT2D eigenvalue weighted by Gasteiger charge is 2.27. The predicted octanol–water partition coefficient (Wildman–Crippen LogP) is 2.94. The lowest BCUT2D eigenvalue weighted by Crippen LogP contribution is -2.21. The van der Waals surface area contributed by atoms with Gasteiger partial charge in [0.2, 0.25) is 11.0 Å². The first-order chi connectivity index (χ1) is 12.6. The zero-order chi connectivity index (χ0) is 20.0. The van der Waals surface area contributed by atoms with Gasteiger partial charge >= 0.3 is 6.18 Å². The van der Waals surface area contributed by atoms with Crippen LogP contribution >= 0.6 is 23.1 Å². The number of carbonyl (C=O) groups is 2. The molecule has 0 unspecified atom stereocenters. The number of nitrogens with one attached hydrogen (secondary N) is 2. The van der Waals surface area contributed by atoms with Gasteiger partial charge in [0.15, 0.2) is 4.34 Å². The monoisotopic (exact) mass is 419 g/mol. The van der Waals surface area contributed by atoms with Crippen molar-refractivity contribution in [2.75, 3.05) is 37.0 Å². The third kappa shape index (κ3) is 7.06. The lowest BCUT2D eigenvalue weighted by atomic mass is 10.2. The van der Waals surface area contributed by atoms with Crippen LogP contribution in [0.3, 0.4) is 0 Å². The Labute approximate surface area is 161 Å². The maximum absolute atomic E-state index is 12.1. The van der Waals surface area contributed by atoms with E-state index in [-0.39, 0.29) is 22.7 Å². The summed E-state index contributed by atoms with van der Waals surface area (Å²) in [6.07, 6.45) is -4.34. The van der Waals surface area contributed by atoms with E-state index in [4.69, 9.17) is 0 Å². The van der Waals surface area contributed by atoms with E-state index in [0.717, 1.165) is 23.1 Å².